The Kier molecular flexibility index (Phi) is 4.12. The van der Waals surface area contributed by atoms with Gasteiger partial charge in [0.1, 0.15) is 0 Å². The normalized spacial score (nSPS) is 9.89. The fraction of sp³-hybridized carbons (Fsp3) is 0.800. The zero-order valence-electron chi connectivity index (χ0n) is 5.89. The lowest BCUT2D eigenvalue weighted by atomic mass is 10.5. The van der Waals surface area contributed by atoms with E-state index >= 15 is 0 Å². The van der Waals surface area contributed by atoms with Gasteiger partial charge in [-0.25, -0.2) is 3.11 Å². The van der Waals surface area contributed by atoms with Crippen LogP contribution in [-0.4, -0.2) is 41.6 Å². The van der Waals surface area contributed by atoms with E-state index in [9.17, 15) is 4.79 Å². The summed E-state index contributed by atoms with van der Waals surface area (Å²) in [4.78, 5) is 12.4. The van der Waals surface area contributed by atoms with Crippen LogP contribution in [0.25, 0.3) is 0 Å². The average Bonchev–Trinajstić information content (AvgIpc) is 1.63. The van der Waals surface area contributed by atoms with Gasteiger partial charge < -0.3 is 4.90 Å². The molecule has 9 heavy (non-hydrogen) atoms. The van der Waals surface area contributed by atoms with Crippen molar-refractivity contribution in [3.05, 3.63) is 0 Å². The molecule has 0 bridgehead atoms. The molecule has 54 valence electrons. The molecule has 0 spiro atoms. The van der Waals surface area contributed by atoms with E-state index in [0.29, 0.717) is 6.54 Å². The maximum absolute atomic E-state index is 10.8. The van der Waals surface area contributed by atoms with E-state index in [1.807, 2.05) is 10.2 Å². The van der Waals surface area contributed by atoms with E-state index in [-0.39, 0.29) is 5.91 Å². The Hall–Kier alpha value is 0.160. The SMILES string of the molecule is CN(I)CC(=O)N(C)C. The third kappa shape index (κ3) is 4.65. The molecule has 0 aromatic carbocycles. The Bertz CT molecular complexity index is 103. The van der Waals surface area contributed by atoms with Crippen LogP contribution in [0.3, 0.4) is 0 Å². The van der Waals surface area contributed by atoms with Gasteiger partial charge in [-0.3, -0.25) is 4.79 Å². The minimum atomic E-state index is 0.131. The van der Waals surface area contributed by atoms with Gasteiger partial charge in [0.2, 0.25) is 5.91 Å². The van der Waals surface area contributed by atoms with Crippen LogP contribution in [0, 0.1) is 0 Å². The second kappa shape index (κ2) is 4.05. The van der Waals surface area contributed by atoms with Crippen LogP contribution in [0.15, 0.2) is 0 Å². The molecule has 1 amide bonds. The topological polar surface area (TPSA) is 23.6 Å². The van der Waals surface area contributed by atoms with Gasteiger partial charge in [0.25, 0.3) is 0 Å². The van der Waals surface area contributed by atoms with E-state index in [1.165, 1.54) is 0 Å². The molecule has 0 aliphatic heterocycles. The van der Waals surface area contributed by atoms with Gasteiger partial charge in [0.05, 0.1) is 6.54 Å². The molecule has 0 aliphatic carbocycles. The minimum absolute atomic E-state index is 0.131. The molecule has 0 aliphatic rings. The highest BCUT2D eigenvalue weighted by Gasteiger charge is 2.04. The van der Waals surface area contributed by atoms with Gasteiger partial charge in [-0.1, -0.05) is 0 Å². The van der Waals surface area contributed by atoms with Crippen molar-refractivity contribution in [2.24, 2.45) is 0 Å². The van der Waals surface area contributed by atoms with Gasteiger partial charge in [-0.15, -0.1) is 0 Å². The van der Waals surface area contributed by atoms with Crippen molar-refractivity contribution in [3.8, 4) is 0 Å². The number of amides is 1. The summed E-state index contributed by atoms with van der Waals surface area (Å²) < 4.78 is 1.82. The maximum Gasteiger partial charge on any atom is 0.237 e. The summed E-state index contributed by atoms with van der Waals surface area (Å²) in [7, 11) is 5.37. The first-order chi connectivity index (χ1) is 4.04. The van der Waals surface area contributed by atoms with E-state index in [0.717, 1.165) is 0 Å². The smallest absolute Gasteiger partial charge is 0.237 e. The number of nitrogens with zero attached hydrogens (tertiary/aromatic N) is 2. The van der Waals surface area contributed by atoms with Gasteiger partial charge in [0, 0.05) is 37.0 Å². The third-order valence-corrected chi connectivity index (χ3v) is 1.19. The lowest BCUT2D eigenvalue weighted by Crippen LogP contribution is -2.29. The van der Waals surface area contributed by atoms with Gasteiger partial charge in [0.15, 0.2) is 0 Å². The Morgan fingerprint density at radius 3 is 2.00 bits per heavy atom. The molecule has 4 heteroatoms. The highest BCUT2D eigenvalue weighted by Crippen LogP contribution is 1.92. The highest BCUT2D eigenvalue weighted by molar-refractivity contribution is 14.1. The highest BCUT2D eigenvalue weighted by atomic mass is 127. The van der Waals surface area contributed by atoms with Gasteiger partial charge in [-0.05, 0) is 7.05 Å². The van der Waals surface area contributed by atoms with Gasteiger partial charge in [-0.2, -0.15) is 0 Å². The van der Waals surface area contributed by atoms with E-state index in [4.69, 9.17) is 0 Å². The first-order valence-corrected chi connectivity index (χ1v) is 3.57. The summed E-state index contributed by atoms with van der Waals surface area (Å²) in [5.41, 5.74) is 0. The molecule has 0 rings (SSSR count). The molecule has 0 N–H and O–H groups in total. The summed E-state index contributed by atoms with van der Waals surface area (Å²) in [6.07, 6.45) is 0. The van der Waals surface area contributed by atoms with Gasteiger partial charge >= 0.3 is 0 Å². The second-order valence-electron chi connectivity index (χ2n) is 2.05. The Morgan fingerprint density at radius 2 is 1.89 bits per heavy atom. The number of carbonyl (C=O) groups excluding carboxylic acids is 1. The average molecular weight is 242 g/mol. The molecular formula is C5H11IN2O. The first kappa shape index (κ1) is 9.16. The van der Waals surface area contributed by atoms with Crippen LogP contribution < -0.4 is 0 Å². The van der Waals surface area contributed by atoms with Crippen molar-refractivity contribution in [1.29, 1.82) is 0 Å². The summed E-state index contributed by atoms with van der Waals surface area (Å²) >= 11 is 2.08. The molecule has 0 radical (unpaired) electrons. The van der Waals surface area contributed by atoms with Crippen LogP contribution in [0.1, 0.15) is 0 Å². The molecule has 0 aromatic heterocycles. The van der Waals surface area contributed by atoms with Crippen LogP contribution in [0.4, 0.5) is 0 Å². The summed E-state index contributed by atoms with van der Waals surface area (Å²) in [5, 5.41) is 0. The van der Waals surface area contributed by atoms with E-state index < -0.39 is 0 Å². The molecule has 0 saturated carbocycles. The number of halogens is 1. The standard InChI is InChI=1S/C5H11IN2O/c1-7(2)5(9)4-8(3)6/h4H2,1-3H3. The monoisotopic (exact) mass is 242 g/mol. The Morgan fingerprint density at radius 1 is 1.44 bits per heavy atom. The summed E-state index contributed by atoms with van der Waals surface area (Å²) in [5.74, 6) is 0.131. The molecule has 0 unspecified atom stereocenters. The molecule has 0 saturated heterocycles. The summed E-state index contributed by atoms with van der Waals surface area (Å²) in [6.45, 7) is 0.480. The predicted octanol–water partition coefficient (Wildman–Crippen LogP) is 0.356. The zero-order valence-corrected chi connectivity index (χ0v) is 8.05. The maximum atomic E-state index is 10.8. The van der Waals surface area contributed by atoms with E-state index in [2.05, 4.69) is 22.9 Å². The molecular weight excluding hydrogens is 231 g/mol. The van der Waals surface area contributed by atoms with Crippen LogP contribution in [-0.2, 0) is 4.79 Å². The Labute approximate surface area is 69.5 Å². The lowest BCUT2D eigenvalue weighted by Gasteiger charge is -2.12. The molecule has 0 aromatic rings. The molecule has 3 nitrogen and oxygen atoms in total. The number of likely N-dealkylation sites (N-methyl/N-ethyl adjacent to an activating group) is 2. The fourth-order valence-corrected chi connectivity index (χ4v) is 0.620. The third-order valence-electron chi connectivity index (χ3n) is 0.852. The van der Waals surface area contributed by atoms with Crippen LogP contribution in [0.2, 0.25) is 0 Å². The number of hydrogen-bond acceptors (Lipinski definition) is 2. The number of rotatable bonds is 2. The van der Waals surface area contributed by atoms with Crippen molar-refractivity contribution in [2.75, 3.05) is 27.7 Å². The second-order valence-corrected chi connectivity index (χ2v) is 3.70. The lowest BCUT2D eigenvalue weighted by molar-refractivity contribution is -0.128. The van der Waals surface area contributed by atoms with Crippen molar-refractivity contribution >= 4 is 28.8 Å². The summed E-state index contributed by atoms with van der Waals surface area (Å²) in [6, 6.07) is 0. The van der Waals surface area contributed by atoms with Crippen molar-refractivity contribution in [1.82, 2.24) is 8.01 Å². The number of hydrogen-bond donors (Lipinski definition) is 0. The quantitative estimate of drug-likeness (QED) is 0.515. The first-order valence-electron chi connectivity index (χ1n) is 2.61. The predicted molar refractivity (Wildman–Crippen MR) is 45.3 cm³/mol. The molecule has 0 heterocycles. The molecule has 0 fully saturated rings. The van der Waals surface area contributed by atoms with Crippen LogP contribution in [0.5, 0.6) is 0 Å². The molecule has 0 atom stereocenters. The van der Waals surface area contributed by atoms with Crippen LogP contribution >= 0.6 is 22.9 Å². The minimum Gasteiger partial charge on any atom is -0.348 e. The van der Waals surface area contributed by atoms with Crippen molar-refractivity contribution in [2.45, 2.75) is 0 Å². The zero-order chi connectivity index (χ0) is 7.44. The van der Waals surface area contributed by atoms with Crippen molar-refractivity contribution < 1.29 is 4.79 Å². The Balaban J connectivity index is 3.51. The number of carbonyl (C=O) groups is 1. The fourth-order valence-electron chi connectivity index (χ4n) is 0.328. The van der Waals surface area contributed by atoms with Crippen molar-refractivity contribution in [3.63, 3.8) is 0 Å². The largest absolute Gasteiger partial charge is 0.348 e. The van der Waals surface area contributed by atoms with E-state index in [1.54, 1.807) is 19.0 Å².